The van der Waals surface area contributed by atoms with Gasteiger partial charge in [-0.25, -0.2) is 0 Å². The molecule has 0 bridgehead atoms. The topological polar surface area (TPSA) is 29.5 Å². The minimum Gasteiger partial charge on any atom is -0.384 e. The minimum atomic E-state index is 0.0960. The SMILES string of the molecule is COCC1CCN(CC(=O)c2ccccc2Cl)C1. The van der Waals surface area contributed by atoms with E-state index < -0.39 is 0 Å². The molecular weight excluding hydrogens is 250 g/mol. The summed E-state index contributed by atoms with van der Waals surface area (Å²) in [5.74, 6) is 0.646. The van der Waals surface area contributed by atoms with Crippen LogP contribution in [0.5, 0.6) is 0 Å². The number of likely N-dealkylation sites (tertiary alicyclic amines) is 1. The van der Waals surface area contributed by atoms with Crippen molar-refractivity contribution >= 4 is 17.4 Å². The Morgan fingerprint density at radius 1 is 1.50 bits per heavy atom. The van der Waals surface area contributed by atoms with Crippen LogP contribution in [0.1, 0.15) is 16.8 Å². The maximum atomic E-state index is 12.1. The van der Waals surface area contributed by atoms with E-state index in [9.17, 15) is 4.79 Å². The van der Waals surface area contributed by atoms with Crippen molar-refractivity contribution in [1.29, 1.82) is 0 Å². The molecule has 1 heterocycles. The lowest BCUT2D eigenvalue weighted by atomic mass is 10.1. The first-order chi connectivity index (χ1) is 8.70. The maximum Gasteiger partial charge on any atom is 0.178 e. The van der Waals surface area contributed by atoms with E-state index in [0.717, 1.165) is 26.1 Å². The standard InChI is InChI=1S/C14H18ClNO2/c1-18-10-11-6-7-16(8-11)9-14(17)12-4-2-3-5-13(12)15/h2-5,11H,6-10H2,1H3. The highest BCUT2D eigenvalue weighted by atomic mass is 35.5. The number of halogens is 1. The van der Waals surface area contributed by atoms with Gasteiger partial charge in [-0.1, -0.05) is 23.7 Å². The van der Waals surface area contributed by atoms with Gasteiger partial charge in [0.15, 0.2) is 5.78 Å². The number of hydrogen-bond acceptors (Lipinski definition) is 3. The van der Waals surface area contributed by atoms with Gasteiger partial charge in [-0.05, 0) is 31.0 Å². The molecule has 1 fully saturated rings. The molecule has 0 aliphatic carbocycles. The van der Waals surface area contributed by atoms with Crippen LogP contribution in [0.2, 0.25) is 5.02 Å². The lowest BCUT2D eigenvalue weighted by molar-refractivity contribution is 0.0937. The predicted octanol–water partition coefficient (Wildman–Crippen LogP) is 2.49. The summed E-state index contributed by atoms with van der Waals surface area (Å²) >= 11 is 6.02. The van der Waals surface area contributed by atoms with Crippen molar-refractivity contribution in [3.8, 4) is 0 Å². The van der Waals surface area contributed by atoms with Gasteiger partial charge in [0.25, 0.3) is 0 Å². The summed E-state index contributed by atoms with van der Waals surface area (Å²) in [7, 11) is 1.72. The first-order valence-corrected chi connectivity index (χ1v) is 6.57. The summed E-state index contributed by atoms with van der Waals surface area (Å²) in [5.41, 5.74) is 0.620. The Labute approximate surface area is 113 Å². The summed E-state index contributed by atoms with van der Waals surface area (Å²) in [6, 6.07) is 7.22. The van der Waals surface area contributed by atoms with E-state index in [1.165, 1.54) is 0 Å². The number of carbonyl (C=O) groups excluding carboxylic acids is 1. The molecule has 18 heavy (non-hydrogen) atoms. The molecule has 2 rings (SSSR count). The fourth-order valence-corrected chi connectivity index (χ4v) is 2.64. The number of ether oxygens (including phenoxy) is 1. The predicted molar refractivity (Wildman–Crippen MR) is 72.2 cm³/mol. The number of carbonyl (C=O) groups is 1. The molecule has 0 aromatic heterocycles. The van der Waals surface area contributed by atoms with Gasteiger partial charge in [0.05, 0.1) is 18.2 Å². The molecule has 1 aliphatic heterocycles. The molecule has 0 amide bonds. The number of ketones is 1. The van der Waals surface area contributed by atoms with Crippen LogP contribution in [-0.4, -0.2) is 44.0 Å². The summed E-state index contributed by atoms with van der Waals surface area (Å²) in [6.07, 6.45) is 1.10. The van der Waals surface area contributed by atoms with Crippen LogP contribution in [0.3, 0.4) is 0 Å². The average molecular weight is 268 g/mol. The fourth-order valence-electron chi connectivity index (χ4n) is 2.40. The second kappa shape index (κ2) is 6.32. The Balaban J connectivity index is 1.91. The van der Waals surface area contributed by atoms with Gasteiger partial charge in [0.2, 0.25) is 0 Å². The number of benzene rings is 1. The van der Waals surface area contributed by atoms with Crippen molar-refractivity contribution in [2.45, 2.75) is 6.42 Å². The molecule has 4 heteroatoms. The summed E-state index contributed by atoms with van der Waals surface area (Å²) in [4.78, 5) is 14.3. The third kappa shape index (κ3) is 3.31. The highest BCUT2D eigenvalue weighted by Crippen LogP contribution is 2.19. The normalized spacial score (nSPS) is 20.2. The van der Waals surface area contributed by atoms with E-state index in [2.05, 4.69) is 4.90 Å². The molecular formula is C14H18ClNO2. The summed E-state index contributed by atoms with van der Waals surface area (Å²) in [5, 5.41) is 0.537. The lowest BCUT2D eigenvalue weighted by Crippen LogP contribution is -2.28. The maximum absolute atomic E-state index is 12.1. The molecule has 98 valence electrons. The third-order valence-electron chi connectivity index (χ3n) is 3.31. The zero-order valence-corrected chi connectivity index (χ0v) is 11.3. The second-order valence-corrected chi connectivity index (χ2v) is 5.16. The molecule has 1 aliphatic rings. The van der Waals surface area contributed by atoms with Crippen LogP contribution in [0.15, 0.2) is 24.3 Å². The Kier molecular flexibility index (Phi) is 4.75. The van der Waals surface area contributed by atoms with Crippen LogP contribution < -0.4 is 0 Å². The quantitative estimate of drug-likeness (QED) is 0.768. The molecule has 0 radical (unpaired) electrons. The molecule has 1 aromatic rings. The van der Waals surface area contributed by atoms with Crippen molar-refractivity contribution in [2.24, 2.45) is 5.92 Å². The van der Waals surface area contributed by atoms with Crippen molar-refractivity contribution in [3.63, 3.8) is 0 Å². The van der Waals surface area contributed by atoms with E-state index in [4.69, 9.17) is 16.3 Å². The zero-order chi connectivity index (χ0) is 13.0. The number of hydrogen-bond donors (Lipinski definition) is 0. The van der Waals surface area contributed by atoms with E-state index in [1.54, 1.807) is 19.2 Å². The summed E-state index contributed by atoms with van der Waals surface area (Å²) < 4.78 is 5.15. The van der Waals surface area contributed by atoms with E-state index in [0.29, 0.717) is 23.0 Å². The second-order valence-electron chi connectivity index (χ2n) is 4.75. The van der Waals surface area contributed by atoms with Crippen molar-refractivity contribution in [1.82, 2.24) is 4.90 Å². The molecule has 1 unspecified atom stereocenters. The first-order valence-electron chi connectivity index (χ1n) is 6.19. The van der Waals surface area contributed by atoms with Gasteiger partial charge in [0.1, 0.15) is 0 Å². The minimum absolute atomic E-state index is 0.0960. The Morgan fingerprint density at radius 2 is 2.28 bits per heavy atom. The number of Topliss-reactive ketones (excluding diaryl/α,β-unsaturated/α-hetero) is 1. The van der Waals surface area contributed by atoms with Crippen molar-refractivity contribution in [3.05, 3.63) is 34.9 Å². The molecule has 1 saturated heterocycles. The van der Waals surface area contributed by atoms with Gasteiger partial charge in [-0.2, -0.15) is 0 Å². The van der Waals surface area contributed by atoms with Gasteiger partial charge < -0.3 is 4.74 Å². The van der Waals surface area contributed by atoms with Crippen LogP contribution in [0.4, 0.5) is 0 Å². The van der Waals surface area contributed by atoms with Crippen LogP contribution >= 0.6 is 11.6 Å². The molecule has 1 aromatic carbocycles. The Hall–Kier alpha value is -0.900. The largest absolute Gasteiger partial charge is 0.384 e. The van der Waals surface area contributed by atoms with Crippen LogP contribution in [0, 0.1) is 5.92 Å². The lowest BCUT2D eigenvalue weighted by Gasteiger charge is -2.15. The van der Waals surface area contributed by atoms with Crippen LogP contribution in [-0.2, 0) is 4.74 Å². The number of methoxy groups -OCH3 is 1. The third-order valence-corrected chi connectivity index (χ3v) is 3.64. The van der Waals surface area contributed by atoms with Gasteiger partial charge in [-0.15, -0.1) is 0 Å². The molecule has 3 nitrogen and oxygen atoms in total. The molecule has 1 atom stereocenters. The Bertz CT molecular complexity index is 422. The van der Waals surface area contributed by atoms with E-state index >= 15 is 0 Å². The van der Waals surface area contributed by atoms with Crippen LogP contribution in [0.25, 0.3) is 0 Å². The van der Waals surface area contributed by atoms with Crippen molar-refractivity contribution in [2.75, 3.05) is 33.4 Å². The van der Waals surface area contributed by atoms with E-state index in [-0.39, 0.29) is 5.78 Å². The summed E-state index contributed by atoms with van der Waals surface area (Å²) in [6.45, 7) is 3.12. The molecule has 0 N–H and O–H groups in total. The smallest absolute Gasteiger partial charge is 0.178 e. The highest BCUT2D eigenvalue weighted by Gasteiger charge is 2.24. The molecule has 0 spiro atoms. The zero-order valence-electron chi connectivity index (χ0n) is 10.6. The molecule has 0 saturated carbocycles. The number of nitrogens with zero attached hydrogens (tertiary/aromatic N) is 1. The van der Waals surface area contributed by atoms with Gasteiger partial charge in [-0.3, -0.25) is 9.69 Å². The first kappa shape index (κ1) is 13.5. The average Bonchev–Trinajstić information content (AvgIpc) is 2.77. The van der Waals surface area contributed by atoms with Gasteiger partial charge >= 0.3 is 0 Å². The van der Waals surface area contributed by atoms with Crippen molar-refractivity contribution < 1.29 is 9.53 Å². The Morgan fingerprint density at radius 3 is 3.00 bits per heavy atom. The van der Waals surface area contributed by atoms with Gasteiger partial charge in [0, 0.05) is 19.2 Å². The number of rotatable bonds is 5. The fraction of sp³-hybridized carbons (Fsp3) is 0.500. The monoisotopic (exact) mass is 267 g/mol. The van der Waals surface area contributed by atoms with E-state index in [1.807, 2.05) is 12.1 Å². The highest BCUT2D eigenvalue weighted by molar-refractivity contribution is 6.34.